The number of piperidine rings is 1. The van der Waals surface area contributed by atoms with Gasteiger partial charge >= 0.3 is 0 Å². The molecule has 0 radical (unpaired) electrons. The molecule has 2 fully saturated rings. The summed E-state index contributed by atoms with van der Waals surface area (Å²) < 4.78 is 5.31. The second-order valence-corrected chi connectivity index (χ2v) is 9.41. The molecule has 0 aromatic heterocycles. The highest BCUT2D eigenvalue weighted by atomic mass is 16.6. The number of hydrogen-bond acceptors (Lipinski definition) is 7. The van der Waals surface area contributed by atoms with Crippen LogP contribution in [0.3, 0.4) is 0 Å². The van der Waals surface area contributed by atoms with E-state index in [9.17, 15) is 19.7 Å². The first-order valence-corrected chi connectivity index (χ1v) is 12.1. The molecule has 1 unspecified atom stereocenters. The number of hydrogen-bond donors (Lipinski definition) is 2. The summed E-state index contributed by atoms with van der Waals surface area (Å²) in [5.74, 6) is -0.189. The van der Waals surface area contributed by atoms with Crippen LogP contribution < -0.4 is 11.1 Å². The number of methoxy groups -OCH3 is 1. The molecular formula is C24H37N5O5. The third-order valence-corrected chi connectivity index (χ3v) is 7.03. The van der Waals surface area contributed by atoms with Gasteiger partial charge in [0.1, 0.15) is 6.04 Å². The number of benzene rings is 1. The van der Waals surface area contributed by atoms with Gasteiger partial charge in [0.15, 0.2) is 0 Å². The number of non-ortho nitro benzene ring substituents is 1. The summed E-state index contributed by atoms with van der Waals surface area (Å²) in [5.41, 5.74) is 7.01. The van der Waals surface area contributed by atoms with Crippen molar-refractivity contribution in [1.82, 2.24) is 15.1 Å². The molecule has 1 aromatic carbocycles. The number of nitro groups is 1. The normalized spacial score (nSPS) is 25.2. The molecule has 2 aliphatic rings. The molecule has 2 amide bonds. The van der Waals surface area contributed by atoms with Gasteiger partial charge in [-0.1, -0.05) is 12.1 Å². The van der Waals surface area contributed by atoms with Crippen molar-refractivity contribution in [2.45, 2.75) is 76.2 Å². The van der Waals surface area contributed by atoms with Crippen LogP contribution in [0, 0.1) is 10.1 Å². The van der Waals surface area contributed by atoms with Crippen molar-refractivity contribution in [2.75, 3.05) is 26.8 Å². The maximum Gasteiger partial charge on any atom is 0.269 e. The van der Waals surface area contributed by atoms with Crippen LogP contribution >= 0.6 is 0 Å². The number of likely N-dealkylation sites (tertiary alicyclic amines) is 1. The van der Waals surface area contributed by atoms with Crippen molar-refractivity contribution in [3.63, 3.8) is 0 Å². The quantitative estimate of drug-likeness (QED) is 0.411. The Kier molecular flexibility index (Phi) is 9.37. The number of amides is 2. The van der Waals surface area contributed by atoms with Gasteiger partial charge in [0, 0.05) is 63.9 Å². The number of nitrogens with one attached hydrogen (secondary N) is 1. The zero-order chi connectivity index (χ0) is 24.7. The lowest BCUT2D eigenvalue weighted by molar-refractivity contribution is -0.384. The number of carbonyl (C=O) groups excluding carboxylic acids is 2. The SMILES string of the molecule is COCCN(Cc1ccc([N+](=O)[O-])cc1)C1CCN(C(C)=O)[C@@H](C(=O)NC2CCC(N)CC2)C1. The predicted molar refractivity (Wildman–Crippen MR) is 128 cm³/mol. The molecule has 10 nitrogen and oxygen atoms in total. The fourth-order valence-electron chi connectivity index (χ4n) is 5.02. The zero-order valence-electron chi connectivity index (χ0n) is 20.2. The van der Waals surface area contributed by atoms with Gasteiger partial charge in [0.2, 0.25) is 11.8 Å². The predicted octanol–water partition coefficient (Wildman–Crippen LogP) is 1.81. The molecule has 0 bridgehead atoms. The van der Waals surface area contributed by atoms with Crippen LogP contribution in [0.2, 0.25) is 0 Å². The first-order valence-electron chi connectivity index (χ1n) is 12.1. The average Bonchev–Trinajstić information content (AvgIpc) is 2.83. The Balaban J connectivity index is 1.71. The summed E-state index contributed by atoms with van der Waals surface area (Å²) in [6.07, 6.45) is 4.81. The zero-order valence-corrected chi connectivity index (χ0v) is 20.2. The Morgan fingerprint density at radius 1 is 1.21 bits per heavy atom. The highest BCUT2D eigenvalue weighted by Gasteiger charge is 2.38. The lowest BCUT2D eigenvalue weighted by Gasteiger charge is -2.43. The van der Waals surface area contributed by atoms with Crippen LogP contribution in [0.4, 0.5) is 5.69 Å². The minimum atomic E-state index is -0.520. The summed E-state index contributed by atoms with van der Waals surface area (Å²) in [7, 11) is 1.65. The molecule has 1 saturated heterocycles. The molecule has 34 heavy (non-hydrogen) atoms. The molecule has 1 saturated carbocycles. The number of nitrogens with two attached hydrogens (primary N) is 1. The summed E-state index contributed by atoms with van der Waals surface area (Å²) in [6.45, 7) is 3.80. The minimum absolute atomic E-state index is 0.0577. The fraction of sp³-hybridized carbons (Fsp3) is 0.667. The largest absolute Gasteiger partial charge is 0.383 e. The highest BCUT2D eigenvalue weighted by Crippen LogP contribution is 2.26. The van der Waals surface area contributed by atoms with Gasteiger partial charge in [-0.2, -0.15) is 0 Å². The summed E-state index contributed by atoms with van der Waals surface area (Å²) >= 11 is 0. The van der Waals surface area contributed by atoms with Gasteiger partial charge in [-0.3, -0.25) is 24.6 Å². The Labute approximate surface area is 200 Å². The minimum Gasteiger partial charge on any atom is -0.383 e. The Morgan fingerprint density at radius 2 is 1.88 bits per heavy atom. The van der Waals surface area contributed by atoms with Crippen LogP contribution in [0.5, 0.6) is 0 Å². The molecule has 10 heteroatoms. The lowest BCUT2D eigenvalue weighted by atomic mass is 9.90. The number of nitro benzene ring substituents is 1. The summed E-state index contributed by atoms with van der Waals surface area (Å²) in [6, 6.07) is 6.41. The van der Waals surface area contributed by atoms with E-state index in [2.05, 4.69) is 10.2 Å². The summed E-state index contributed by atoms with van der Waals surface area (Å²) in [4.78, 5) is 40.1. The van der Waals surface area contributed by atoms with Gasteiger partial charge in [0.25, 0.3) is 5.69 Å². The standard InChI is InChI=1S/C24H37N5O5/c1-17(30)28-12-11-22(15-23(28)24(31)26-20-7-5-19(25)6-8-20)27(13-14-34-2)16-18-3-9-21(10-4-18)29(32)33/h3-4,9-10,19-20,22-23H,5-8,11-16,25H2,1-2H3,(H,26,31)/t19?,20?,22?,23-/m1/s1. The number of nitrogens with zero attached hydrogens (tertiary/aromatic N) is 3. The van der Waals surface area contributed by atoms with E-state index in [4.69, 9.17) is 10.5 Å². The number of rotatable bonds is 9. The molecule has 0 spiro atoms. The maximum atomic E-state index is 13.3. The van der Waals surface area contributed by atoms with Crippen LogP contribution in [-0.2, 0) is 20.9 Å². The molecule has 1 aliphatic heterocycles. The van der Waals surface area contributed by atoms with Crippen molar-refractivity contribution >= 4 is 17.5 Å². The third kappa shape index (κ3) is 6.97. The van der Waals surface area contributed by atoms with Gasteiger partial charge in [-0.15, -0.1) is 0 Å². The van der Waals surface area contributed by atoms with Crippen molar-refractivity contribution < 1.29 is 19.2 Å². The van der Waals surface area contributed by atoms with Crippen molar-refractivity contribution in [3.8, 4) is 0 Å². The monoisotopic (exact) mass is 475 g/mol. The van der Waals surface area contributed by atoms with Crippen LogP contribution in [0.25, 0.3) is 0 Å². The Hall–Kier alpha value is -2.56. The van der Waals surface area contributed by atoms with Crippen molar-refractivity contribution in [3.05, 3.63) is 39.9 Å². The van der Waals surface area contributed by atoms with Crippen LogP contribution in [-0.4, -0.2) is 77.5 Å². The van der Waals surface area contributed by atoms with E-state index >= 15 is 0 Å². The van der Waals surface area contributed by atoms with Crippen LogP contribution in [0.15, 0.2) is 24.3 Å². The third-order valence-electron chi connectivity index (χ3n) is 7.03. The van der Waals surface area contributed by atoms with Crippen molar-refractivity contribution in [1.29, 1.82) is 0 Å². The van der Waals surface area contributed by atoms with E-state index in [-0.39, 0.29) is 35.6 Å². The second-order valence-electron chi connectivity index (χ2n) is 9.41. The van der Waals surface area contributed by atoms with Gasteiger partial charge in [-0.25, -0.2) is 0 Å². The topological polar surface area (TPSA) is 131 Å². The summed E-state index contributed by atoms with van der Waals surface area (Å²) in [5, 5.41) is 14.1. The number of carbonyl (C=O) groups is 2. The molecular weight excluding hydrogens is 438 g/mol. The highest BCUT2D eigenvalue weighted by molar-refractivity contribution is 5.87. The van der Waals surface area contributed by atoms with Gasteiger partial charge in [-0.05, 0) is 44.1 Å². The smallest absolute Gasteiger partial charge is 0.269 e. The molecule has 3 rings (SSSR count). The Bertz CT molecular complexity index is 841. The van der Waals surface area contributed by atoms with Crippen molar-refractivity contribution in [2.24, 2.45) is 5.73 Å². The van der Waals surface area contributed by atoms with Gasteiger partial charge in [0.05, 0.1) is 11.5 Å². The van der Waals surface area contributed by atoms with E-state index < -0.39 is 11.0 Å². The van der Waals surface area contributed by atoms with E-state index in [0.29, 0.717) is 32.7 Å². The Morgan fingerprint density at radius 3 is 2.47 bits per heavy atom. The average molecular weight is 476 g/mol. The van der Waals surface area contributed by atoms with E-state index in [1.165, 1.54) is 19.1 Å². The second kappa shape index (κ2) is 12.2. The van der Waals surface area contributed by atoms with Crippen LogP contribution in [0.1, 0.15) is 51.0 Å². The molecule has 188 valence electrons. The van der Waals surface area contributed by atoms with E-state index in [0.717, 1.165) is 37.7 Å². The van der Waals surface area contributed by atoms with Gasteiger partial charge < -0.3 is 20.7 Å². The van der Waals surface area contributed by atoms with E-state index in [1.54, 1.807) is 24.1 Å². The molecule has 3 N–H and O–H groups in total. The number of ether oxygens (including phenoxy) is 1. The maximum absolute atomic E-state index is 13.3. The molecule has 1 aromatic rings. The van der Waals surface area contributed by atoms with E-state index in [1.807, 2.05) is 0 Å². The first kappa shape index (κ1) is 26.1. The molecule has 1 heterocycles. The fourth-order valence-corrected chi connectivity index (χ4v) is 5.02. The molecule has 1 aliphatic carbocycles. The molecule has 2 atom stereocenters. The first-order chi connectivity index (χ1) is 16.3. The lowest BCUT2D eigenvalue weighted by Crippen LogP contribution is -2.58.